The average molecular weight is 429 g/mol. The van der Waals surface area contributed by atoms with Crippen LogP contribution in [-0.2, 0) is 11.2 Å². The molecule has 2 aromatic rings. The summed E-state index contributed by atoms with van der Waals surface area (Å²) in [7, 11) is 0. The van der Waals surface area contributed by atoms with Crippen LogP contribution in [0.15, 0.2) is 65.7 Å². The van der Waals surface area contributed by atoms with E-state index in [-0.39, 0.29) is 11.3 Å². The van der Waals surface area contributed by atoms with Crippen LogP contribution >= 0.6 is 0 Å². The Morgan fingerprint density at radius 3 is 2.34 bits per heavy atom. The van der Waals surface area contributed by atoms with Gasteiger partial charge in [0.25, 0.3) is 5.91 Å². The summed E-state index contributed by atoms with van der Waals surface area (Å²) in [6, 6.07) is 22.4. The number of rotatable bonds is 6. The van der Waals surface area contributed by atoms with Crippen LogP contribution in [0.2, 0.25) is 0 Å². The molecular formula is C29H36N2O. The fraction of sp³-hybridized carbons (Fsp3) is 0.517. The van der Waals surface area contributed by atoms with Crippen molar-refractivity contribution in [3.05, 3.63) is 71.8 Å². The molecule has 1 spiro atoms. The molecule has 0 N–H and O–H groups in total. The molecule has 3 atom stereocenters. The lowest BCUT2D eigenvalue weighted by molar-refractivity contribution is -0.131. The second-order valence-electron chi connectivity index (χ2n) is 10.1. The molecule has 0 bridgehead atoms. The number of amides is 1. The number of hydrogen-bond acceptors (Lipinski definition) is 2. The van der Waals surface area contributed by atoms with Gasteiger partial charge >= 0.3 is 0 Å². The van der Waals surface area contributed by atoms with Gasteiger partial charge in [-0.1, -0.05) is 73.5 Å². The lowest BCUT2D eigenvalue weighted by atomic mass is 9.67. The van der Waals surface area contributed by atoms with Crippen LogP contribution in [0.4, 0.5) is 0 Å². The van der Waals surface area contributed by atoms with Gasteiger partial charge in [0.1, 0.15) is 0 Å². The Morgan fingerprint density at radius 1 is 0.906 bits per heavy atom. The zero-order chi connectivity index (χ0) is 21.8. The minimum absolute atomic E-state index is 0.158. The van der Waals surface area contributed by atoms with Crippen LogP contribution in [0.1, 0.15) is 68.4 Å². The maximum Gasteiger partial charge on any atom is 0.252 e. The Kier molecular flexibility index (Phi) is 6.54. The molecule has 2 heterocycles. The zero-order valence-electron chi connectivity index (χ0n) is 19.2. The first-order valence-electron chi connectivity index (χ1n) is 12.7. The molecule has 1 saturated heterocycles. The third-order valence-corrected chi connectivity index (χ3v) is 8.45. The highest BCUT2D eigenvalue weighted by molar-refractivity contribution is 5.98. The predicted molar refractivity (Wildman–Crippen MR) is 131 cm³/mol. The van der Waals surface area contributed by atoms with E-state index in [4.69, 9.17) is 0 Å². The van der Waals surface area contributed by atoms with Crippen LogP contribution in [0.3, 0.4) is 0 Å². The van der Waals surface area contributed by atoms with Gasteiger partial charge in [-0.3, -0.25) is 9.69 Å². The zero-order valence-corrected chi connectivity index (χ0v) is 19.2. The standard InChI is InChI=1S/C29H36N2O/c32-28-29(25(22-30-28)15-9-12-23-10-3-1-4-11-23)18-20-31(21-19-29)27-17-8-7-16-26(27)24-13-5-2-6-14-24/h1-6,10-11,13-14,22,25-27H,7-9,12,15-21H2/t25?,26-,27-/m0/s1. The van der Waals surface area contributed by atoms with Gasteiger partial charge in [-0.15, -0.1) is 0 Å². The highest BCUT2D eigenvalue weighted by atomic mass is 16.1. The molecule has 3 nitrogen and oxygen atoms in total. The van der Waals surface area contributed by atoms with E-state index in [2.05, 4.69) is 70.6 Å². The second-order valence-corrected chi connectivity index (χ2v) is 10.1. The Labute approximate surface area is 192 Å². The minimum Gasteiger partial charge on any atom is -0.300 e. The van der Waals surface area contributed by atoms with Gasteiger partial charge in [-0.25, -0.2) is 4.99 Å². The number of hydrogen-bond donors (Lipinski definition) is 0. The molecule has 0 aromatic heterocycles. The van der Waals surface area contributed by atoms with Crippen molar-refractivity contribution < 1.29 is 4.79 Å². The van der Waals surface area contributed by atoms with Crippen molar-refractivity contribution in [1.29, 1.82) is 0 Å². The van der Waals surface area contributed by atoms with Gasteiger partial charge in [0.2, 0.25) is 0 Å². The van der Waals surface area contributed by atoms with Crippen molar-refractivity contribution in [3.8, 4) is 0 Å². The highest BCUT2D eigenvalue weighted by Crippen LogP contribution is 2.47. The number of aliphatic imine (C=N–C) groups is 1. The summed E-state index contributed by atoms with van der Waals surface area (Å²) in [4.78, 5) is 20.0. The molecule has 2 aliphatic heterocycles. The second kappa shape index (κ2) is 9.70. The first kappa shape index (κ1) is 21.6. The Morgan fingerprint density at radius 2 is 1.59 bits per heavy atom. The Hall–Kier alpha value is -2.26. The summed E-state index contributed by atoms with van der Waals surface area (Å²) in [6.07, 6.45) is 12.5. The van der Waals surface area contributed by atoms with Gasteiger partial charge in [0, 0.05) is 18.2 Å². The number of piperidine rings is 1. The van der Waals surface area contributed by atoms with Crippen molar-refractivity contribution in [2.75, 3.05) is 13.1 Å². The van der Waals surface area contributed by atoms with E-state index in [0.29, 0.717) is 17.9 Å². The minimum atomic E-state index is -0.232. The quantitative estimate of drug-likeness (QED) is 0.561. The molecule has 0 radical (unpaired) electrons. The number of benzene rings is 2. The van der Waals surface area contributed by atoms with E-state index in [9.17, 15) is 4.79 Å². The summed E-state index contributed by atoms with van der Waals surface area (Å²) in [5.74, 6) is 1.11. The fourth-order valence-corrected chi connectivity index (χ4v) is 6.59. The third kappa shape index (κ3) is 4.32. The van der Waals surface area contributed by atoms with Crippen molar-refractivity contribution in [2.24, 2.45) is 16.3 Å². The number of nitrogens with zero attached hydrogens (tertiary/aromatic N) is 2. The molecule has 1 unspecified atom stereocenters. The van der Waals surface area contributed by atoms with Gasteiger partial charge in [0.15, 0.2) is 0 Å². The molecule has 2 fully saturated rings. The Balaban J connectivity index is 1.22. The van der Waals surface area contributed by atoms with Gasteiger partial charge in [-0.2, -0.15) is 0 Å². The van der Waals surface area contributed by atoms with Gasteiger partial charge < -0.3 is 0 Å². The molecule has 1 amide bonds. The molecular weight excluding hydrogens is 392 g/mol. The van der Waals surface area contributed by atoms with E-state index < -0.39 is 0 Å². The SMILES string of the molecule is O=C1N=CC(CCCc2ccccc2)C12CCN([C@H]1CCCC[C@H]1c1ccccc1)CC2. The fourth-order valence-electron chi connectivity index (χ4n) is 6.59. The molecule has 168 valence electrons. The van der Waals surface area contributed by atoms with E-state index in [0.717, 1.165) is 45.2 Å². The first-order valence-corrected chi connectivity index (χ1v) is 12.7. The van der Waals surface area contributed by atoms with E-state index >= 15 is 0 Å². The number of likely N-dealkylation sites (tertiary alicyclic amines) is 1. The predicted octanol–water partition coefficient (Wildman–Crippen LogP) is 6.05. The summed E-state index contributed by atoms with van der Waals surface area (Å²) >= 11 is 0. The van der Waals surface area contributed by atoms with Crippen LogP contribution < -0.4 is 0 Å². The van der Waals surface area contributed by atoms with Crippen LogP contribution in [0.25, 0.3) is 0 Å². The normalized spacial score (nSPS) is 27.8. The smallest absolute Gasteiger partial charge is 0.252 e. The van der Waals surface area contributed by atoms with Gasteiger partial charge in [-0.05, 0) is 75.1 Å². The largest absolute Gasteiger partial charge is 0.300 e. The lowest BCUT2D eigenvalue weighted by Crippen LogP contribution is -2.51. The Bertz CT molecular complexity index is 915. The summed E-state index contributed by atoms with van der Waals surface area (Å²) in [5, 5.41) is 0. The van der Waals surface area contributed by atoms with E-state index in [1.165, 1.54) is 36.8 Å². The number of aryl methyl sites for hydroxylation is 1. The van der Waals surface area contributed by atoms with Crippen molar-refractivity contribution >= 4 is 12.1 Å². The maximum absolute atomic E-state index is 12.9. The molecule has 3 aliphatic rings. The van der Waals surface area contributed by atoms with E-state index in [1.54, 1.807) is 0 Å². The average Bonchev–Trinajstić information content (AvgIpc) is 3.15. The van der Waals surface area contributed by atoms with Crippen molar-refractivity contribution in [2.45, 2.75) is 69.7 Å². The molecule has 1 aliphatic carbocycles. The highest BCUT2D eigenvalue weighted by Gasteiger charge is 2.50. The van der Waals surface area contributed by atoms with Crippen LogP contribution in [0.5, 0.6) is 0 Å². The molecule has 2 aromatic carbocycles. The summed E-state index contributed by atoms with van der Waals surface area (Å²) in [6.45, 7) is 2.08. The van der Waals surface area contributed by atoms with Gasteiger partial charge in [0.05, 0.1) is 5.41 Å². The molecule has 3 heteroatoms. The lowest BCUT2D eigenvalue weighted by Gasteiger charge is -2.47. The van der Waals surface area contributed by atoms with E-state index in [1.807, 2.05) is 6.21 Å². The number of carbonyl (C=O) groups is 1. The van der Waals surface area contributed by atoms with Crippen LogP contribution in [0, 0.1) is 11.3 Å². The van der Waals surface area contributed by atoms with Crippen LogP contribution in [-0.4, -0.2) is 36.2 Å². The topological polar surface area (TPSA) is 32.7 Å². The monoisotopic (exact) mass is 428 g/mol. The third-order valence-electron chi connectivity index (χ3n) is 8.45. The molecule has 32 heavy (non-hydrogen) atoms. The van der Waals surface area contributed by atoms with Crippen molar-refractivity contribution in [3.63, 3.8) is 0 Å². The van der Waals surface area contributed by atoms with Crippen molar-refractivity contribution in [1.82, 2.24) is 4.90 Å². The maximum atomic E-state index is 12.9. The summed E-state index contributed by atoms with van der Waals surface area (Å²) in [5.41, 5.74) is 2.66. The first-order chi connectivity index (χ1) is 15.8. The summed E-state index contributed by atoms with van der Waals surface area (Å²) < 4.78 is 0. The molecule has 1 saturated carbocycles. The number of carbonyl (C=O) groups excluding carboxylic acids is 1. The molecule has 5 rings (SSSR count).